The van der Waals surface area contributed by atoms with Crippen LogP contribution in [-0.4, -0.2) is 37.9 Å². The first-order valence-electron chi connectivity index (χ1n) is 10.9. The van der Waals surface area contributed by atoms with Crippen LogP contribution in [0.3, 0.4) is 0 Å². The average Bonchev–Trinajstić information content (AvgIpc) is 3.37. The fourth-order valence-corrected chi connectivity index (χ4v) is 5.20. The summed E-state index contributed by atoms with van der Waals surface area (Å²) in [6.45, 7) is 1.41. The molecular weight excluding hydrogens is 414 g/mol. The molecule has 1 fully saturated rings. The van der Waals surface area contributed by atoms with Crippen molar-refractivity contribution < 1.29 is 5.11 Å². The minimum Gasteiger partial charge on any atom is -0.389 e. The summed E-state index contributed by atoms with van der Waals surface area (Å²) in [5, 5.41) is 10.8. The van der Waals surface area contributed by atoms with E-state index in [0.717, 1.165) is 17.8 Å². The lowest BCUT2D eigenvalue weighted by atomic mass is 9.74. The van der Waals surface area contributed by atoms with Gasteiger partial charge in [0.2, 0.25) is 0 Å². The van der Waals surface area contributed by atoms with Gasteiger partial charge in [-0.05, 0) is 34.8 Å². The highest BCUT2D eigenvalue weighted by molar-refractivity contribution is 6.99. The van der Waals surface area contributed by atoms with Gasteiger partial charge in [0.1, 0.15) is 0 Å². The van der Waals surface area contributed by atoms with E-state index < -0.39 is 11.6 Å². The Morgan fingerprint density at radius 1 is 0.844 bits per heavy atom. The molecule has 1 N–H and O–H groups in total. The smallest absolute Gasteiger partial charge is 0.0975 e. The highest BCUT2D eigenvalue weighted by Gasteiger charge is 2.44. The fraction of sp³-hybridized carbons (Fsp3) is 0.185. The van der Waals surface area contributed by atoms with Crippen LogP contribution < -0.4 is 0 Å². The average molecular weight is 440 g/mol. The predicted octanol–water partition coefficient (Wildman–Crippen LogP) is 4.98. The molecular formula is C27H25N3OS. The second kappa shape index (κ2) is 9.17. The molecule has 1 atom stereocenters. The number of aliphatic hydroxyl groups is 1. The largest absolute Gasteiger partial charge is 0.389 e. The second-order valence-corrected chi connectivity index (χ2v) is 8.64. The van der Waals surface area contributed by atoms with E-state index in [9.17, 15) is 5.11 Å². The molecule has 0 amide bonds. The van der Waals surface area contributed by atoms with E-state index in [1.54, 1.807) is 6.20 Å². The topological polar surface area (TPSA) is 49.2 Å². The van der Waals surface area contributed by atoms with Gasteiger partial charge >= 0.3 is 0 Å². The zero-order valence-corrected chi connectivity index (χ0v) is 18.5. The summed E-state index contributed by atoms with van der Waals surface area (Å²) >= 11 is 1.19. The van der Waals surface area contributed by atoms with Crippen LogP contribution in [0.5, 0.6) is 0 Å². The van der Waals surface area contributed by atoms with Gasteiger partial charge in [0.25, 0.3) is 0 Å². The second-order valence-electron chi connectivity index (χ2n) is 8.09. The first kappa shape index (κ1) is 20.8. The van der Waals surface area contributed by atoms with Crippen LogP contribution in [0.1, 0.15) is 28.8 Å². The van der Waals surface area contributed by atoms with Gasteiger partial charge in [-0.3, -0.25) is 4.90 Å². The molecule has 4 nitrogen and oxygen atoms in total. The van der Waals surface area contributed by atoms with Crippen molar-refractivity contribution in [3.63, 3.8) is 0 Å². The summed E-state index contributed by atoms with van der Waals surface area (Å²) in [5.74, 6) is 0. The van der Waals surface area contributed by atoms with Crippen LogP contribution in [-0.2, 0) is 5.54 Å². The van der Waals surface area contributed by atoms with Crippen LogP contribution in [0.15, 0.2) is 103 Å². The molecule has 1 unspecified atom stereocenters. The van der Waals surface area contributed by atoms with Crippen molar-refractivity contribution in [2.75, 3.05) is 13.1 Å². The van der Waals surface area contributed by atoms with Gasteiger partial charge in [0, 0.05) is 13.1 Å². The Labute approximate surface area is 192 Å². The zero-order chi connectivity index (χ0) is 21.8. The van der Waals surface area contributed by atoms with E-state index in [4.69, 9.17) is 0 Å². The van der Waals surface area contributed by atoms with E-state index in [0.29, 0.717) is 13.0 Å². The Kier molecular flexibility index (Phi) is 5.95. The van der Waals surface area contributed by atoms with E-state index in [1.165, 1.54) is 28.4 Å². The van der Waals surface area contributed by atoms with Crippen LogP contribution in [0.25, 0.3) is 6.08 Å². The standard InChI is InChI=1S/C27H25N3OS/c31-26-16-17-30(20-21(26)18-25-19-28-32-29-25)27(22-10-4-1-5-11-22,23-12-6-2-7-13-23)24-14-8-3-9-15-24/h1-15,18-19,26,31H,16-17,20H2/b21-18-. The Morgan fingerprint density at radius 3 is 1.84 bits per heavy atom. The third-order valence-electron chi connectivity index (χ3n) is 6.23. The Morgan fingerprint density at radius 2 is 1.38 bits per heavy atom. The summed E-state index contributed by atoms with van der Waals surface area (Å²) < 4.78 is 8.45. The Bertz CT molecular complexity index is 1060. The molecule has 3 aromatic carbocycles. The number of piperidine rings is 1. The maximum absolute atomic E-state index is 10.8. The molecule has 0 radical (unpaired) electrons. The first-order valence-corrected chi connectivity index (χ1v) is 11.6. The van der Waals surface area contributed by atoms with Crippen molar-refractivity contribution >= 4 is 17.8 Å². The predicted molar refractivity (Wildman–Crippen MR) is 129 cm³/mol. The number of benzene rings is 3. The van der Waals surface area contributed by atoms with Gasteiger partial charge in [0.15, 0.2) is 0 Å². The molecule has 5 heteroatoms. The number of nitrogens with zero attached hydrogens (tertiary/aromatic N) is 3. The highest BCUT2D eigenvalue weighted by atomic mass is 32.1. The van der Waals surface area contributed by atoms with Crippen molar-refractivity contribution in [1.82, 2.24) is 13.6 Å². The van der Waals surface area contributed by atoms with Gasteiger partial charge in [-0.15, -0.1) is 0 Å². The number of rotatable bonds is 5. The summed E-state index contributed by atoms with van der Waals surface area (Å²) in [6, 6.07) is 32.0. The SMILES string of the molecule is OC1CCN(C(c2ccccc2)(c2ccccc2)c2ccccc2)C/C1=C/c1cnsn1. The number of aromatic nitrogens is 2. The molecule has 0 saturated carbocycles. The Balaban J connectivity index is 1.71. The van der Waals surface area contributed by atoms with E-state index in [1.807, 2.05) is 6.08 Å². The Hall–Kier alpha value is -3.12. The molecule has 4 aromatic rings. The molecule has 0 aliphatic carbocycles. The molecule has 160 valence electrons. The number of aliphatic hydroxyl groups excluding tert-OH is 1. The normalized spacial score (nSPS) is 18.7. The first-order chi connectivity index (χ1) is 15.8. The lowest BCUT2D eigenvalue weighted by Crippen LogP contribution is -2.52. The number of hydrogen-bond acceptors (Lipinski definition) is 5. The van der Waals surface area contributed by atoms with E-state index in [-0.39, 0.29) is 0 Å². The van der Waals surface area contributed by atoms with Crippen LogP contribution in [0, 0.1) is 0 Å². The van der Waals surface area contributed by atoms with Crippen LogP contribution >= 0.6 is 11.7 Å². The minimum absolute atomic E-state index is 0.479. The molecule has 1 aliphatic heterocycles. The van der Waals surface area contributed by atoms with Crippen molar-refractivity contribution in [3.8, 4) is 0 Å². The summed E-state index contributed by atoms with van der Waals surface area (Å²) in [4.78, 5) is 2.49. The maximum atomic E-state index is 10.8. The summed E-state index contributed by atoms with van der Waals surface area (Å²) in [5.41, 5.74) is 4.92. The maximum Gasteiger partial charge on any atom is 0.0975 e. The van der Waals surface area contributed by atoms with Crippen molar-refractivity contribution in [2.45, 2.75) is 18.1 Å². The number of likely N-dealkylation sites (tertiary alicyclic amines) is 1. The van der Waals surface area contributed by atoms with Gasteiger partial charge in [0.05, 0.1) is 35.3 Å². The molecule has 1 aliphatic rings. The van der Waals surface area contributed by atoms with Gasteiger partial charge < -0.3 is 5.11 Å². The highest BCUT2D eigenvalue weighted by Crippen LogP contribution is 2.44. The lowest BCUT2D eigenvalue weighted by molar-refractivity contribution is 0.0872. The van der Waals surface area contributed by atoms with Gasteiger partial charge in [-0.25, -0.2) is 0 Å². The van der Waals surface area contributed by atoms with Gasteiger partial charge in [-0.1, -0.05) is 91.0 Å². The molecule has 2 heterocycles. The lowest BCUT2D eigenvalue weighted by Gasteiger charge is -2.48. The monoisotopic (exact) mass is 439 g/mol. The quantitative estimate of drug-likeness (QED) is 0.446. The van der Waals surface area contributed by atoms with Crippen molar-refractivity contribution in [3.05, 3.63) is 125 Å². The molecule has 1 saturated heterocycles. The van der Waals surface area contributed by atoms with E-state index >= 15 is 0 Å². The van der Waals surface area contributed by atoms with Crippen molar-refractivity contribution in [1.29, 1.82) is 0 Å². The van der Waals surface area contributed by atoms with Crippen molar-refractivity contribution in [2.24, 2.45) is 0 Å². The molecule has 32 heavy (non-hydrogen) atoms. The van der Waals surface area contributed by atoms with E-state index in [2.05, 4.69) is 105 Å². The molecule has 1 aromatic heterocycles. The van der Waals surface area contributed by atoms with Gasteiger partial charge in [-0.2, -0.15) is 8.75 Å². The van der Waals surface area contributed by atoms with Crippen LogP contribution in [0.4, 0.5) is 0 Å². The third-order valence-corrected chi connectivity index (χ3v) is 6.73. The van der Waals surface area contributed by atoms with Crippen LogP contribution in [0.2, 0.25) is 0 Å². The summed E-state index contributed by atoms with van der Waals surface area (Å²) in [7, 11) is 0. The molecule has 0 bridgehead atoms. The zero-order valence-electron chi connectivity index (χ0n) is 17.7. The summed E-state index contributed by atoms with van der Waals surface area (Å²) in [6.07, 6.45) is 3.93. The third kappa shape index (κ3) is 3.79. The molecule has 0 spiro atoms. The molecule has 5 rings (SSSR count). The number of hydrogen-bond donors (Lipinski definition) is 1. The minimum atomic E-state index is -0.483. The fourth-order valence-electron chi connectivity index (χ4n) is 4.81.